The minimum atomic E-state index is -0.235. The molecule has 0 amide bonds. The van der Waals surface area contributed by atoms with Gasteiger partial charge < -0.3 is 20.8 Å². The number of nitrogens with zero attached hydrogens (tertiary/aromatic N) is 3. The van der Waals surface area contributed by atoms with Crippen LogP contribution in [0.25, 0.3) is 0 Å². The summed E-state index contributed by atoms with van der Waals surface area (Å²) in [5.41, 5.74) is 0. The van der Waals surface area contributed by atoms with Crippen molar-refractivity contribution in [2.75, 3.05) is 24.1 Å². The lowest BCUT2D eigenvalue weighted by molar-refractivity contribution is 0.323. The summed E-state index contributed by atoms with van der Waals surface area (Å²) >= 11 is 0. The largest absolute Gasteiger partial charge is 0.376 e. The van der Waals surface area contributed by atoms with Crippen molar-refractivity contribution in [3.8, 4) is 0 Å². The van der Waals surface area contributed by atoms with Crippen LogP contribution < -0.4 is 10.6 Å². The van der Waals surface area contributed by atoms with E-state index in [1.54, 1.807) is 0 Å². The lowest BCUT2D eigenvalue weighted by Gasteiger charge is -2.08. The number of hydrogen-bond acceptors (Lipinski definition) is 7. The quantitative estimate of drug-likeness (QED) is 0.177. The Balaban J connectivity index is 1.99. The van der Waals surface area contributed by atoms with Crippen molar-refractivity contribution in [3.05, 3.63) is 5.82 Å². The number of aliphatic hydroxyl groups is 2. The highest BCUT2D eigenvalue weighted by Crippen LogP contribution is 2.14. The van der Waals surface area contributed by atoms with Gasteiger partial charge in [-0.15, -0.1) is 0 Å². The van der Waals surface area contributed by atoms with Gasteiger partial charge in [0.05, 0.1) is 0 Å². The summed E-state index contributed by atoms with van der Waals surface area (Å²) in [6, 6.07) is 0. The van der Waals surface area contributed by atoms with Crippen LogP contribution in [-0.4, -0.2) is 38.6 Å². The number of aromatic nitrogens is 3. The number of aryl methyl sites for hydroxylation is 1. The Labute approximate surface area is 177 Å². The fraction of sp³-hybridized carbons (Fsp3) is 0.864. The molecule has 0 bridgehead atoms. The van der Waals surface area contributed by atoms with E-state index >= 15 is 0 Å². The van der Waals surface area contributed by atoms with E-state index < -0.39 is 0 Å². The Kier molecular flexibility index (Phi) is 16.4. The third kappa shape index (κ3) is 14.2. The zero-order chi connectivity index (χ0) is 21.0. The van der Waals surface area contributed by atoms with Gasteiger partial charge in [0.25, 0.3) is 0 Å². The monoisotopic (exact) mass is 409 g/mol. The van der Waals surface area contributed by atoms with Gasteiger partial charge in [0.15, 0.2) is 0 Å². The zero-order valence-electron chi connectivity index (χ0n) is 18.5. The molecule has 0 aliphatic heterocycles. The third-order valence-corrected chi connectivity index (χ3v) is 5.16. The Morgan fingerprint density at radius 2 is 0.931 bits per heavy atom. The first-order valence-corrected chi connectivity index (χ1v) is 11.7. The molecule has 29 heavy (non-hydrogen) atoms. The van der Waals surface area contributed by atoms with Crippen LogP contribution in [0.5, 0.6) is 0 Å². The number of anilines is 2. The molecule has 0 radical (unpaired) electrons. The molecule has 0 aromatic carbocycles. The summed E-state index contributed by atoms with van der Waals surface area (Å²) in [5.74, 6) is 1.34. The normalized spacial score (nSPS) is 11.0. The summed E-state index contributed by atoms with van der Waals surface area (Å²) in [7, 11) is 0. The van der Waals surface area contributed by atoms with Crippen molar-refractivity contribution in [2.45, 2.75) is 110 Å². The summed E-state index contributed by atoms with van der Waals surface area (Å²) in [4.78, 5) is 12.7. The molecule has 0 aliphatic rings. The molecule has 7 heteroatoms. The molecule has 1 heterocycles. The molecule has 0 aliphatic carbocycles. The molecule has 1 rings (SSSR count). The Morgan fingerprint density at radius 3 is 1.31 bits per heavy atom. The van der Waals surface area contributed by atoms with Crippen LogP contribution in [0.1, 0.15) is 109 Å². The second-order valence-corrected chi connectivity index (χ2v) is 7.77. The molecule has 4 N–H and O–H groups in total. The highest BCUT2D eigenvalue weighted by Gasteiger charge is 2.06. The molecule has 0 saturated heterocycles. The topological polar surface area (TPSA) is 103 Å². The summed E-state index contributed by atoms with van der Waals surface area (Å²) in [5, 5.41) is 23.3. The van der Waals surface area contributed by atoms with Gasteiger partial charge in [0.1, 0.15) is 19.3 Å². The first-order chi connectivity index (χ1) is 14.3. The molecule has 0 atom stereocenters. The van der Waals surface area contributed by atoms with E-state index in [0.717, 1.165) is 12.8 Å². The molecule has 0 fully saturated rings. The highest BCUT2D eigenvalue weighted by molar-refractivity contribution is 5.33. The second kappa shape index (κ2) is 18.6. The van der Waals surface area contributed by atoms with Crippen LogP contribution in [0, 0.1) is 0 Å². The van der Waals surface area contributed by atoms with Crippen molar-refractivity contribution >= 4 is 11.9 Å². The maximum atomic E-state index is 8.97. The van der Waals surface area contributed by atoms with E-state index in [2.05, 4.69) is 32.5 Å². The third-order valence-electron chi connectivity index (χ3n) is 5.16. The van der Waals surface area contributed by atoms with Gasteiger partial charge in [0, 0.05) is 6.42 Å². The van der Waals surface area contributed by atoms with Crippen molar-refractivity contribution in [3.63, 3.8) is 0 Å². The Morgan fingerprint density at radius 1 is 0.552 bits per heavy atom. The molecular weight excluding hydrogens is 366 g/mol. The van der Waals surface area contributed by atoms with Gasteiger partial charge in [-0.25, -0.2) is 0 Å². The minimum Gasteiger partial charge on any atom is -0.376 e. The molecule has 7 nitrogen and oxygen atoms in total. The summed E-state index contributed by atoms with van der Waals surface area (Å²) in [6.45, 7) is 1.80. The van der Waals surface area contributed by atoms with Crippen molar-refractivity contribution < 1.29 is 10.2 Å². The lowest BCUT2D eigenvalue weighted by atomic mass is 10.0. The van der Waals surface area contributed by atoms with Gasteiger partial charge in [0.2, 0.25) is 11.9 Å². The van der Waals surface area contributed by atoms with Crippen LogP contribution in [0.15, 0.2) is 0 Å². The fourth-order valence-electron chi connectivity index (χ4n) is 3.49. The molecule has 168 valence electrons. The molecule has 0 saturated carbocycles. The number of aliphatic hydroxyl groups excluding tert-OH is 2. The average Bonchev–Trinajstić information content (AvgIpc) is 2.71. The van der Waals surface area contributed by atoms with Crippen LogP contribution >= 0.6 is 0 Å². The SMILES string of the molecule is CCCCCCCCCCCCCCCCCc1nc(NCO)nc(NCO)n1. The van der Waals surface area contributed by atoms with Crippen LogP contribution in [0.4, 0.5) is 11.9 Å². The van der Waals surface area contributed by atoms with E-state index in [1.165, 1.54) is 89.9 Å². The van der Waals surface area contributed by atoms with Crippen molar-refractivity contribution in [1.29, 1.82) is 0 Å². The first-order valence-electron chi connectivity index (χ1n) is 11.7. The Bertz CT molecular complexity index is 478. The standard InChI is InChI=1S/C22H43N5O2/c1-2-3-4-5-6-7-8-9-10-11-12-13-14-15-16-17-20-25-21(23-18-28)27-22(26-20)24-19-29/h28-29H,2-19H2,1H3,(H2,23,24,25,26,27). The second-order valence-electron chi connectivity index (χ2n) is 7.77. The van der Waals surface area contributed by atoms with E-state index in [4.69, 9.17) is 10.2 Å². The highest BCUT2D eigenvalue weighted by atomic mass is 16.3. The number of rotatable bonds is 20. The fourth-order valence-corrected chi connectivity index (χ4v) is 3.49. The van der Waals surface area contributed by atoms with Gasteiger partial charge in [-0.05, 0) is 6.42 Å². The number of nitrogens with one attached hydrogen (secondary N) is 2. The van der Waals surface area contributed by atoms with E-state index in [-0.39, 0.29) is 13.5 Å². The van der Waals surface area contributed by atoms with Gasteiger partial charge in [-0.2, -0.15) is 15.0 Å². The molecule has 0 spiro atoms. The summed E-state index contributed by atoms with van der Waals surface area (Å²) in [6.07, 6.45) is 20.9. The minimum absolute atomic E-state index is 0.235. The predicted octanol–water partition coefficient (Wildman–Crippen LogP) is 5.01. The zero-order valence-corrected chi connectivity index (χ0v) is 18.5. The lowest BCUT2D eigenvalue weighted by Crippen LogP contribution is -2.12. The van der Waals surface area contributed by atoms with E-state index in [1.807, 2.05) is 0 Å². The maximum Gasteiger partial charge on any atom is 0.229 e. The van der Waals surface area contributed by atoms with E-state index in [0.29, 0.717) is 17.7 Å². The molecular formula is C22H43N5O2. The smallest absolute Gasteiger partial charge is 0.229 e. The summed E-state index contributed by atoms with van der Waals surface area (Å²) < 4.78 is 0. The van der Waals surface area contributed by atoms with Gasteiger partial charge >= 0.3 is 0 Å². The maximum absolute atomic E-state index is 8.97. The van der Waals surface area contributed by atoms with Gasteiger partial charge in [-0.1, -0.05) is 96.8 Å². The van der Waals surface area contributed by atoms with Crippen molar-refractivity contribution in [1.82, 2.24) is 15.0 Å². The van der Waals surface area contributed by atoms with Crippen LogP contribution in [0.3, 0.4) is 0 Å². The Hall–Kier alpha value is -1.47. The van der Waals surface area contributed by atoms with Crippen LogP contribution in [0.2, 0.25) is 0 Å². The predicted molar refractivity (Wildman–Crippen MR) is 120 cm³/mol. The number of unbranched alkanes of at least 4 members (excludes halogenated alkanes) is 14. The van der Waals surface area contributed by atoms with Gasteiger partial charge in [-0.3, -0.25) is 0 Å². The number of hydrogen-bond donors (Lipinski definition) is 4. The molecule has 1 aromatic heterocycles. The molecule has 1 aromatic rings. The average molecular weight is 410 g/mol. The first kappa shape index (κ1) is 25.6. The van der Waals surface area contributed by atoms with Crippen LogP contribution in [-0.2, 0) is 6.42 Å². The van der Waals surface area contributed by atoms with E-state index in [9.17, 15) is 0 Å². The van der Waals surface area contributed by atoms with Crippen molar-refractivity contribution in [2.24, 2.45) is 0 Å². The molecule has 0 unspecified atom stereocenters.